The molecule has 128 valence electrons. The number of aromatic nitrogens is 1. The van der Waals surface area contributed by atoms with Gasteiger partial charge in [-0.1, -0.05) is 60.7 Å². The van der Waals surface area contributed by atoms with Gasteiger partial charge in [0.05, 0.1) is 19.0 Å². The molecule has 0 bridgehead atoms. The molecule has 0 fully saturated rings. The maximum absolute atomic E-state index is 5.49. The first-order valence-corrected chi connectivity index (χ1v) is 9.09. The standard InChI is InChI=1S/C21H17N3OS/c1-25-20-12-11-15-7-5-6-10-17(15)18(20)13-22-24-21-23-19(14-26-21)16-8-3-2-4-9-16/h2-14H,1H3,(H,23,24)/b22-13-. The van der Waals surface area contributed by atoms with Crippen molar-refractivity contribution in [2.45, 2.75) is 0 Å². The lowest BCUT2D eigenvalue weighted by molar-refractivity contribution is 0.415. The van der Waals surface area contributed by atoms with Gasteiger partial charge < -0.3 is 4.74 Å². The van der Waals surface area contributed by atoms with Crippen molar-refractivity contribution in [3.8, 4) is 17.0 Å². The van der Waals surface area contributed by atoms with E-state index in [-0.39, 0.29) is 0 Å². The number of fused-ring (bicyclic) bond motifs is 1. The van der Waals surface area contributed by atoms with E-state index in [0.29, 0.717) is 0 Å². The van der Waals surface area contributed by atoms with Crippen molar-refractivity contribution in [3.05, 3.63) is 77.7 Å². The minimum absolute atomic E-state index is 0.749. The van der Waals surface area contributed by atoms with Gasteiger partial charge in [0.15, 0.2) is 0 Å². The zero-order valence-electron chi connectivity index (χ0n) is 14.2. The average Bonchev–Trinajstić information content (AvgIpc) is 3.18. The lowest BCUT2D eigenvalue weighted by atomic mass is 10.0. The summed E-state index contributed by atoms with van der Waals surface area (Å²) in [4.78, 5) is 4.58. The van der Waals surface area contributed by atoms with Gasteiger partial charge >= 0.3 is 0 Å². The maximum Gasteiger partial charge on any atom is 0.203 e. The van der Waals surface area contributed by atoms with Crippen LogP contribution in [0.15, 0.2) is 77.2 Å². The number of anilines is 1. The van der Waals surface area contributed by atoms with Crippen molar-refractivity contribution in [3.63, 3.8) is 0 Å². The van der Waals surface area contributed by atoms with E-state index >= 15 is 0 Å². The molecule has 1 heterocycles. The van der Waals surface area contributed by atoms with Crippen LogP contribution < -0.4 is 10.2 Å². The fourth-order valence-electron chi connectivity index (χ4n) is 2.81. The van der Waals surface area contributed by atoms with Crippen LogP contribution in [0.4, 0.5) is 5.13 Å². The number of hydrazone groups is 1. The summed E-state index contributed by atoms with van der Waals surface area (Å²) in [7, 11) is 1.67. The molecular formula is C21H17N3OS. The van der Waals surface area contributed by atoms with Crippen LogP contribution in [-0.4, -0.2) is 18.3 Å². The minimum atomic E-state index is 0.749. The largest absolute Gasteiger partial charge is 0.496 e. The highest BCUT2D eigenvalue weighted by Crippen LogP contribution is 2.27. The van der Waals surface area contributed by atoms with Crippen LogP contribution in [0, 0.1) is 0 Å². The van der Waals surface area contributed by atoms with Crippen LogP contribution >= 0.6 is 11.3 Å². The second kappa shape index (κ2) is 7.37. The van der Waals surface area contributed by atoms with Gasteiger partial charge in [-0.3, -0.25) is 5.43 Å². The van der Waals surface area contributed by atoms with E-state index in [1.165, 1.54) is 11.3 Å². The van der Waals surface area contributed by atoms with E-state index in [1.807, 2.05) is 60.0 Å². The highest BCUT2D eigenvalue weighted by atomic mass is 32.1. The number of nitrogens with zero attached hydrogens (tertiary/aromatic N) is 2. The number of benzene rings is 3. The van der Waals surface area contributed by atoms with E-state index in [2.05, 4.69) is 27.6 Å². The molecule has 4 aromatic rings. The summed E-state index contributed by atoms with van der Waals surface area (Å²) in [6.45, 7) is 0. The van der Waals surface area contributed by atoms with Crippen LogP contribution in [0.25, 0.3) is 22.0 Å². The SMILES string of the molecule is COc1ccc2ccccc2c1/C=N\Nc1nc(-c2ccccc2)cs1. The Hall–Kier alpha value is -3.18. The average molecular weight is 359 g/mol. The molecule has 0 radical (unpaired) electrons. The Bertz CT molecular complexity index is 1060. The fourth-order valence-corrected chi connectivity index (χ4v) is 3.47. The van der Waals surface area contributed by atoms with Crippen molar-refractivity contribution in [2.24, 2.45) is 5.10 Å². The Morgan fingerprint density at radius 2 is 1.81 bits per heavy atom. The number of hydrogen-bond acceptors (Lipinski definition) is 5. The van der Waals surface area contributed by atoms with Crippen LogP contribution in [0.1, 0.15) is 5.56 Å². The van der Waals surface area contributed by atoms with Gasteiger partial charge in [-0.05, 0) is 16.8 Å². The third-order valence-electron chi connectivity index (χ3n) is 4.08. The molecule has 0 amide bonds. The normalized spacial score (nSPS) is 11.1. The van der Waals surface area contributed by atoms with E-state index in [9.17, 15) is 0 Å². The molecule has 4 nitrogen and oxygen atoms in total. The smallest absolute Gasteiger partial charge is 0.203 e. The Morgan fingerprint density at radius 1 is 1.00 bits per heavy atom. The second-order valence-corrected chi connectivity index (χ2v) is 6.53. The van der Waals surface area contributed by atoms with Gasteiger partial charge in [0, 0.05) is 16.5 Å². The van der Waals surface area contributed by atoms with Crippen molar-refractivity contribution in [1.29, 1.82) is 0 Å². The van der Waals surface area contributed by atoms with Gasteiger partial charge in [0.1, 0.15) is 5.75 Å². The summed E-state index contributed by atoms with van der Waals surface area (Å²) < 4.78 is 5.49. The fraction of sp³-hybridized carbons (Fsp3) is 0.0476. The van der Waals surface area contributed by atoms with Gasteiger partial charge in [-0.2, -0.15) is 5.10 Å². The molecule has 1 aromatic heterocycles. The molecule has 4 rings (SSSR count). The molecule has 0 atom stereocenters. The van der Waals surface area contributed by atoms with Crippen LogP contribution in [0.2, 0.25) is 0 Å². The predicted molar refractivity (Wildman–Crippen MR) is 109 cm³/mol. The quantitative estimate of drug-likeness (QED) is 0.382. The molecule has 0 aliphatic heterocycles. The molecule has 5 heteroatoms. The molecule has 0 saturated carbocycles. The third kappa shape index (κ3) is 3.30. The Balaban J connectivity index is 1.58. The minimum Gasteiger partial charge on any atom is -0.496 e. The number of hydrogen-bond donors (Lipinski definition) is 1. The molecule has 3 aromatic carbocycles. The lowest BCUT2D eigenvalue weighted by Gasteiger charge is -2.08. The van der Waals surface area contributed by atoms with Crippen molar-refractivity contribution in [1.82, 2.24) is 4.98 Å². The van der Waals surface area contributed by atoms with Crippen molar-refractivity contribution >= 4 is 33.5 Å². The summed E-state index contributed by atoms with van der Waals surface area (Å²) in [5.74, 6) is 0.790. The van der Waals surface area contributed by atoms with Gasteiger partial charge in [-0.25, -0.2) is 4.98 Å². The van der Waals surface area contributed by atoms with Crippen molar-refractivity contribution < 1.29 is 4.74 Å². The first-order chi connectivity index (χ1) is 12.8. The van der Waals surface area contributed by atoms with E-state index in [0.717, 1.165) is 38.5 Å². The monoisotopic (exact) mass is 359 g/mol. The van der Waals surface area contributed by atoms with Crippen LogP contribution in [0.3, 0.4) is 0 Å². The zero-order valence-corrected chi connectivity index (χ0v) is 15.0. The summed E-state index contributed by atoms with van der Waals surface area (Å²) in [5, 5.41) is 9.39. The highest BCUT2D eigenvalue weighted by Gasteiger charge is 2.06. The van der Waals surface area contributed by atoms with Gasteiger partial charge in [-0.15, -0.1) is 11.3 Å². The predicted octanol–water partition coefficient (Wildman–Crippen LogP) is 5.42. The number of rotatable bonds is 5. The third-order valence-corrected chi connectivity index (χ3v) is 4.83. The molecule has 26 heavy (non-hydrogen) atoms. The molecule has 0 saturated heterocycles. The topological polar surface area (TPSA) is 46.5 Å². The van der Waals surface area contributed by atoms with E-state index in [1.54, 1.807) is 13.3 Å². The Labute approximate surface area is 155 Å². The first-order valence-electron chi connectivity index (χ1n) is 8.21. The molecule has 1 N–H and O–H groups in total. The molecule has 0 spiro atoms. The summed E-state index contributed by atoms with van der Waals surface area (Å²) in [5.41, 5.74) is 6.00. The van der Waals surface area contributed by atoms with E-state index in [4.69, 9.17) is 4.74 Å². The molecule has 0 aliphatic rings. The number of nitrogens with one attached hydrogen (secondary N) is 1. The highest BCUT2D eigenvalue weighted by molar-refractivity contribution is 7.14. The van der Waals surface area contributed by atoms with Crippen LogP contribution in [0.5, 0.6) is 5.75 Å². The maximum atomic E-state index is 5.49. The van der Waals surface area contributed by atoms with Crippen LogP contribution in [-0.2, 0) is 0 Å². The summed E-state index contributed by atoms with van der Waals surface area (Å²) in [6.07, 6.45) is 1.78. The number of thiazole rings is 1. The molecule has 0 unspecified atom stereocenters. The number of ether oxygens (including phenoxy) is 1. The number of methoxy groups -OCH3 is 1. The van der Waals surface area contributed by atoms with Gasteiger partial charge in [0.2, 0.25) is 5.13 Å². The Morgan fingerprint density at radius 3 is 2.65 bits per heavy atom. The Kier molecular flexibility index (Phi) is 4.62. The second-order valence-electron chi connectivity index (χ2n) is 5.68. The lowest BCUT2D eigenvalue weighted by Crippen LogP contribution is -1.95. The van der Waals surface area contributed by atoms with Crippen molar-refractivity contribution in [2.75, 3.05) is 12.5 Å². The first kappa shape index (κ1) is 16.3. The summed E-state index contributed by atoms with van der Waals surface area (Å²) in [6, 6.07) is 22.3. The van der Waals surface area contributed by atoms with Gasteiger partial charge in [0.25, 0.3) is 0 Å². The molecule has 0 aliphatic carbocycles. The molecular weight excluding hydrogens is 342 g/mol. The summed E-state index contributed by atoms with van der Waals surface area (Å²) >= 11 is 1.53. The zero-order chi connectivity index (χ0) is 17.8. The van der Waals surface area contributed by atoms with E-state index < -0.39 is 0 Å².